The lowest BCUT2D eigenvalue weighted by atomic mass is 10.6. The minimum Gasteiger partial charge on any atom is -0.359 e. The molecule has 0 spiro atoms. The topological polar surface area (TPSA) is 9.23 Å². The van der Waals surface area contributed by atoms with Crippen LogP contribution in [0.1, 0.15) is 0 Å². The molecule has 1 atom stereocenters. The van der Waals surface area contributed by atoms with E-state index in [1.54, 1.807) is 12.2 Å². The molecule has 0 saturated heterocycles. The molecular weight excluding hydrogens is 168 g/mol. The molecule has 0 bridgehead atoms. The standard InChI is InChI=1S/C6H9BrO/c1-3-5-8-6(7)4-2/h3-4,6H,1-2,5H2. The lowest BCUT2D eigenvalue weighted by Gasteiger charge is -2.00. The SMILES string of the molecule is C=CCOC(Br)C=C. The van der Waals surface area contributed by atoms with E-state index in [1.807, 2.05) is 0 Å². The lowest BCUT2D eigenvalue weighted by Crippen LogP contribution is -1.98. The van der Waals surface area contributed by atoms with Crippen molar-refractivity contribution in [2.24, 2.45) is 0 Å². The van der Waals surface area contributed by atoms with Crippen molar-refractivity contribution in [1.29, 1.82) is 0 Å². The Hall–Kier alpha value is -0.0800. The first-order valence-electron chi connectivity index (χ1n) is 2.30. The quantitative estimate of drug-likeness (QED) is 0.471. The monoisotopic (exact) mass is 176 g/mol. The molecule has 1 nitrogen and oxygen atoms in total. The third kappa shape index (κ3) is 4.09. The first kappa shape index (κ1) is 7.92. The molecule has 0 radical (unpaired) electrons. The Labute approximate surface area is 58.2 Å². The highest BCUT2D eigenvalue weighted by Gasteiger charge is 1.91. The molecule has 0 saturated carbocycles. The Morgan fingerprint density at radius 1 is 1.62 bits per heavy atom. The Kier molecular flexibility index (Phi) is 5.01. The maximum Gasteiger partial charge on any atom is 0.130 e. The van der Waals surface area contributed by atoms with Gasteiger partial charge in [0.05, 0.1) is 6.61 Å². The summed E-state index contributed by atoms with van der Waals surface area (Å²) in [6, 6.07) is 0. The van der Waals surface area contributed by atoms with Crippen molar-refractivity contribution in [3.8, 4) is 0 Å². The van der Waals surface area contributed by atoms with Gasteiger partial charge in [-0.15, -0.1) is 6.58 Å². The van der Waals surface area contributed by atoms with E-state index in [0.717, 1.165) is 0 Å². The predicted octanol–water partition coefficient (Wildman–Crippen LogP) is 2.10. The molecule has 0 aromatic rings. The van der Waals surface area contributed by atoms with Crippen LogP contribution in [0.3, 0.4) is 0 Å². The average molecular weight is 177 g/mol. The van der Waals surface area contributed by atoms with Gasteiger partial charge in [-0.2, -0.15) is 0 Å². The molecule has 0 aromatic carbocycles. The van der Waals surface area contributed by atoms with E-state index >= 15 is 0 Å². The van der Waals surface area contributed by atoms with Gasteiger partial charge < -0.3 is 4.74 Å². The number of ether oxygens (including phenoxy) is 1. The van der Waals surface area contributed by atoms with Gasteiger partial charge in [0.15, 0.2) is 0 Å². The molecule has 0 heterocycles. The second-order valence-corrected chi connectivity index (χ2v) is 2.11. The first-order chi connectivity index (χ1) is 3.81. The summed E-state index contributed by atoms with van der Waals surface area (Å²) in [5, 5.41) is -0.0412. The smallest absolute Gasteiger partial charge is 0.130 e. The van der Waals surface area contributed by atoms with Crippen molar-refractivity contribution in [3.63, 3.8) is 0 Å². The lowest BCUT2D eigenvalue weighted by molar-refractivity contribution is 0.175. The number of hydrogen-bond acceptors (Lipinski definition) is 1. The fourth-order valence-electron chi connectivity index (χ4n) is 0.228. The summed E-state index contributed by atoms with van der Waals surface area (Å²) in [6.07, 6.45) is 3.36. The summed E-state index contributed by atoms with van der Waals surface area (Å²) >= 11 is 3.19. The van der Waals surface area contributed by atoms with Crippen LogP contribution in [0.15, 0.2) is 25.3 Å². The number of rotatable bonds is 4. The molecule has 0 aliphatic heterocycles. The molecule has 0 amide bonds. The van der Waals surface area contributed by atoms with E-state index in [2.05, 4.69) is 29.1 Å². The van der Waals surface area contributed by atoms with Crippen molar-refractivity contribution >= 4 is 15.9 Å². The zero-order chi connectivity index (χ0) is 6.41. The van der Waals surface area contributed by atoms with E-state index in [0.29, 0.717) is 6.61 Å². The van der Waals surface area contributed by atoms with Crippen LogP contribution in [-0.4, -0.2) is 11.6 Å². The second-order valence-electron chi connectivity index (χ2n) is 1.21. The zero-order valence-corrected chi connectivity index (χ0v) is 6.23. The fraction of sp³-hybridized carbons (Fsp3) is 0.333. The van der Waals surface area contributed by atoms with Crippen molar-refractivity contribution in [2.75, 3.05) is 6.61 Å². The molecule has 0 fully saturated rings. The van der Waals surface area contributed by atoms with Crippen LogP contribution in [0, 0.1) is 0 Å². The van der Waals surface area contributed by atoms with Crippen LogP contribution >= 0.6 is 15.9 Å². The molecule has 2 heteroatoms. The maximum absolute atomic E-state index is 5.02. The number of halogens is 1. The summed E-state index contributed by atoms with van der Waals surface area (Å²) in [5.74, 6) is 0. The molecule has 1 unspecified atom stereocenters. The minimum absolute atomic E-state index is 0.0412. The van der Waals surface area contributed by atoms with Crippen LogP contribution in [0.25, 0.3) is 0 Å². The molecule has 0 aliphatic rings. The molecule has 0 aromatic heterocycles. The van der Waals surface area contributed by atoms with Crippen LogP contribution < -0.4 is 0 Å². The van der Waals surface area contributed by atoms with Crippen LogP contribution in [-0.2, 0) is 4.74 Å². The molecule has 0 N–H and O–H groups in total. The van der Waals surface area contributed by atoms with Gasteiger partial charge in [0.2, 0.25) is 0 Å². The largest absolute Gasteiger partial charge is 0.359 e. The zero-order valence-electron chi connectivity index (χ0n) is 4.64. The average Bonchev–Trinajstić information content (AvgIpc) is 1.83. The van der Waals surface area contributed by atoms with E-state index < -0.39 is 0 Å². The Bertz CT molecular complexity index is 80.6. The van der Waals surface area contributed by atoms with Crippen LogP contribution in [0.2, 0.25) is 0 Å². The highest BCUT2D eigenvalue weighted by Crippen LogP contribution is 2.00. The van der Waals surface area contributed by atoms with E-state index in [9.17, 15) is 0 Å². The van der Waals surface area contributed by atoms with Gasteiger partial charge in [0.1, 0.15) is 5.01 Å². The van der Waals surface area contributed by atoms with Gasteiger partial charge in [-0.25, -0.2) is 0 Å². The van der Waals surface area contributed by atoms with Gasteiger partial charge in [0.25, 0.3) is 0 Å². The van der Waals surface area contributed by atoms with E-state index in [1.165, 1.54) is 0 Å². The van der Waals surface area contributed by atoms with Gasteiger partial charge in [-0.3, -0.25) is 0 Å². The van der Waals surface area contributed by atoms with Crippen LogP contribution in [0.4, 0.5) is 0 Å². The van der Waals surface area contributed by atoms with Crippen molar-refractivity contribution in [1.82, 2.24) is 0 Å². The van der Waals surface area contributed by atoms with Gasteiger partial charge in [-0.1, -0.05) is 34.7 Å². The van der Waals surface area contributed by atoms with E-state index in [4.69, 9.17) is 4.74 Å². The Balaban J connectivity index is 3.09. The summed E-state index contributed by atoms with van der Waals surface area (Å²) in [7, 11) is 0. The summed E-state index contributed by atoms with van der Waals surface area (Å²) in [5.41, 5.74) is 0. The maximum atomic E-state index is 5.02. The summed E-state index contributed by atoms with van der Waals surface area (Å²) in [6.45, 7) is 7.55. The molecular formula is C6H9BrO. The Morgan fingerprint density at radius 3 is 2.62 bits per heavy atom. The third-order valence-corrected chi connectivity index (χ3v) is 1.20. The molecule has 0 aliphatic carbocycles. The highest BCUT2D eigenvalue weighted by atomic mass is 79.9. The molecule has 46 valence electrons. The number of alkyl halides is 1. The Morgan fingerprint density at radius 2 is 2.25 bits per heavy atom. The van der Waals surface area contributed by atoms with E-state index in [-0.39, 0.29) is 5.01 Å². The normalized spacial score (nSPS) is 12.6. The van der Waals surface area contributed by atoms with Crippen LogP contribution in [0.5, 0.6) is 0 Å². The number of hydrogen-bond donors (Lipinski definition) is 0. The predicted molar refractivity (Wildman–Crippen MR) is 39.1 cm³/mol. The fourth-order valence-corrected chi connectivity index (χ4v) is 0.381. The molecule has 0 rings (SSSR count). The van der Waals surface area contributed by atoms with Crippen molar-refractivity contribution < 1.29 is 4.74 Å². The first-order valence-corrected chi connectivity index (χ1v) is 3.22. The van der Waals surface area contributed by atoms with Gasteiger partial charge in [0, 0.05) is 0 Å². The molecule has 8 heavy (non-hydrogen) atoms. The third-order valence-electron chi connectivity index (χ3n) is 0.559. The summed E-state index contributed by atoms with van der Waals surface area (Å²) in [4.78, 5) is 0. The highest BCUT2D eigenvalue weighted by molar-refractivity contribution is 9.09. The minimum atomic E-state index is -0.0412. The summed E-state index contributed by atoms with van der Waals surface area (Å²) < 4.78 is 5.02. The van der Waals surface area contributed by atoms with Gasteiger partial charge in [-0.05, 0) is 0 Å². The van der Waals surface area contributed by atoms with Crippen molar-refractivity contribution in [3.05, 3.63) is 25.3 Å². The second kappa shape index (κ2) is 5.06. The van der Waals surface area contributed by atoms with Crippen molar-refractivity contribution in [2.45, 2.75) is 5.01 Å². The van der Waals surface area contributed by atoms with Gasteiger partial charge >= 0.3 is 0 Å².